The third-order valence-corrected chi connectivity index (χ3v) is 9.13. The fraction of sp³-hybridized carbons (Fsp3) is 0.391. The Hall–Kier alpha value is -4.10. The highest BCUT2D eigenvalue weighted by atomic mass is 32.2. The first-order valence-corrected chi connectivity index (χ1v) is 15.3. The molecule has 42 heavy (non-hydrogen) atoms. The Balaban J connectivity index is 1.52. The number of nitrogens with two attached hydrogens (primary N) is 3. The molecule has 3 atom stereocenters. The number of anilines is 3. The molecule has 0 aromatic carbocycles. The summed E-state index contributed by atoms with van der Waals surface area (Å²) in [5.74, 6) is -2.96. The summed E-state index contributed by atoms with van der Waals surface area (Å²) in [5.41, 5.74) is 17.6. The smallest absolute Gasteiger partial charge is 0.352 e. The first-order valence-electron chi connectivity index (χ1n) is 12.4. The standard InChI is InChI=1S/C23H27N9O7S3/c1-3-4-31-13(25)5-12(24)28-23(31)42-7-10-6-40-19-15(18(34)32(19)16(10)21(37)38)29-17(33)14(11-8-41-22(26)27-11)30-39-9(2)20(35)36/h5,8-9,15,19H,3-4,6-7H2,1-2H3,(H8,24,25,26,27,29,33,35,36,37,38)/p+1/b30-14-. The molecule has 0 bridgehead atoms. The average Bonchev–Trinajstić information content (AvgIpc) is 3.36. The van der Waals surface area contributed by atoms with Crippen LogP contribution in [-0.2, 0) is 30.6 Å². The number of carboxylic acids is 2. The highest BCUT2D eigenvalue weighted by Gasteiger charge is 2.54. The average molecular weight is 639 g/mol. The number of nitrogen functional groups attached to an aromatic ring is 3. The van der Waals surface area contributed by atoms with Gasteiger partial charge in [0.05, 0.1) is 12.6 Å². The van der Waals surface area contributed by atoms with E-state index in [0.717, 1.165) is 22.7 Å². The van der Waals surface area contributed by atoms with E-state index < -0.39 is 41.3 Å². The van der Waals surface area contributed by atoms with Crippen molar-refractivity contribution in [1.82, 2.24) is 20.2 Å². The van der Waals surface area contributed by atoms with Crippen molar-refractivity contribution in [2.45, 2.75) is 49.5 Å². The zero-order valence-corrected chi connectivity index (χ0v) is 24.8. The molecular formula is C23H28N9O7S3+. The number of hydrogen-bond donors (Lipinski definition) is 6. The van der Waals surface area contributed by atoms with Crippen LogP contribution in [0.5, 0.6) is 0 Å². The molecule has 2 aliphatic rings. The molecule has 224 valence electrons. The highest BCUT2D eigenvalue weighted by Crippen LogP contribution is 2.41. The fourth-order valence-corrected chi connectivity index (χ4v) is 7.12. The number of aromatic nitrogens is 3. The van der Waals surface area contributed by atoms with Gasteiger partial charge in [0.2, 0.25) is 17.7 Å². The van der Waals surface area contributed by atoms with Crippen molar-refractivity contribution in [3.8, 4) is 0 Å². The van der Waals surface area contributed by atoms with Crippen LogP contribution in [0.2, 0.25) is 0 Å². The normalized spacial score (nSPS) is 19.1. The van der Waals surface area contributed by atoms with Crippen molar-refractivity contribution in [1.29, 1.82) is 0 Å². The molecule has 4 heterocycles. The summed E-state index contributed by atoms with van der Waals surface area (Å²) in [4.78, 5) is 64.1. The molecule has 1 saturated heterocycles. The minimum Gasteiger partial charge on any atom is -0.478 e. The molecule has 19 heteroatoms. The van der Waals surface area contributed by atoms with Crippen LogP contribution in [0, 0.1) is 0 Å². The molecule has 0 saturated carbocycles. The number of thiazole rings is 1. The molecule has 1 fully saturated rings. The van der Waals surface area contributed by atoms with E-state index >= 15 is 0 Å². The van der Waals surface area contributed by atoms with Gasteiger partial charge < -0.3 is 37.6 Å². The van der Waals surface area contributed by atoms with Gasteiger partial charge in [0.25, 0.3) is 11.8 Å². The Bertz CT molecular complexity index is 1500. The van der Waals surface area contributed by atoms with Gasteiger partial charge in [-0.2, -0.15) is 0 Å². The van der Waals surface area contributed by atoms with Crippen LogP contribution in [-0.4, -0.2) is 83.6 Å². The van der Waals surface area contributed by atoms with Gasteiger partial charge in [-0.05, 0) is 30.7 Å². The van der Waals surface area contributed by atoms with E-state index in [1.54, 1.807) is 10.6 Å². The van der Waals surface area contributed by atoms with Crippen molar-refractivity contribution in [2.75, 3.05) is 28.7 Å². The van der Waals surface area contributed by atoms with Crippen LogP contribution < -0.4 is 27.1 Å². The summed E-state index contributed by atoms with van der Waals surface area (Å²) in [6.45, 7) is 3.79. The topological polar surface area (TPSA) is 253 Å². The first kappa shape index (κ1) is 30.8. The van der Waals surface area contributed by atoms with Crippen molar-refractivity contribution >= 4 is 81.1 Å². The van der Waals surface area contributed by atoms with Crippen LogP contribution in [0.1, 0.15) is 26.0 Å². The first-order chi connectivity index (χ1) is 19.9. The quantitative estimate of drug-likeness (QED) is 0.0436. The lowest BCUT2D eigenvalue weighted by Crippen LogP contribution is -2.71. The SMILES string of the molecule is CCC[n+]1c(N)cc(N)nc1SCC1=C(C(=O)O)N2C(=O)C(NC(=O)/C(=N\OC(C)C(=O)O)c3csc(N)n3)C2SC1. The monoisotopic (exact) mass is 638 g/mol. The van der Waals surface area contributed by atoms with E-state index in [1.165, 1.54) is 35.8 Å². The van der Waals surface area contributed by atoms with E-state index in [0.29, 0.717) is 23.1 Å². The summed E-state index contributed by atoms with van der Waals surface area (Å²) >= 11 is 3.56. The number of rotatable bonds is 12. The minimum atomic E-state index is -1.37. The third kappa shape index (κ3) is 6.36. The minimum absolute atomic E-state index is 0.0223. The van der Waals surface area contributed by atoms with Crippen molar-refractivity contribution < 1.29 is 38.8 Å². The number of fused-ring (bicyclic) bond motifs is 1. The number of aliphatic carboxylic acids is 2. The van der Waals surface area contributed by atoms with Crippen LogP contribution in [0.3, 0.4) is 0 Å². The lowest BCUT2D eigenvalue weighted by Gasteiger charge is -2.49. The van der Waals surface area contributed by atoms with Crippen LogP contribution in [0.4, 0.5) is 16.8 Å². The van der Waals surface area contributed by atoms with Crippen molar-refractivity contribution in [3.05, 3.63) is 28.4 Å². The number of carboxylic acid groups (broad SMARTS) is 2. The van der Waals surface area contributed by atoms with E-state index in [-0.39, 0.29) is 39.6 Å². The molecule has 2 aromatic rings. The van der Waals surface area contributed by atoms with Gasteiger partial charge >= 0.3 is 17.1 Å². The third-order valence-electron chi connectivity index (χ3n) is 6.05. The van der Waals surface area contributed by atoms with E-state index in [2.05, 4.69) is 20.4 Å². The Labute approximate surface area is 251 Å². The van der Waals surface area contributed by atoms with E-state index in [9.17, 15) is 24.3 Å². The summed E-state index contributed by atoms with van der Waals surface area (Å²) in [6.07, 6.45) is -0.578. The Morgan fingerprint density at radius 3 is 2.67 bits per heavy atom. The van der Waals surface area contributed by atoms with Gasteiger partial charge in [0.15, 0.2) is 10.8 Å². The number of nitrogens with one attached hydrogen (secondary N) is 1. The number of nitrogens with zero attached hydrogens (tertiary/aromatic N) is 5. The lowest BCUT2D eigenvalue weighted by molar-refractivity contribution is -0.723. The molecule has 2 aliphatic heterocycles. The lowest BCUT2D eigenvalue weighted by atomic mass is 10.0. The highest BCUT2D eigenvalue weighted by molar-refractivity contribution is 8.01. The van der Waals surface area contributed by atoms with Crippen LogP contribution >= 0.6 is 34.9 Å². The Morgan fingerprint density at radius 2 is 2.05 bits per heavy atom. The molecule has 9 N–H and O–H groups in total. The summed E-state index contributed by atoms with van der Waals surface area (Å²) < 4.78 is 1.79. The zero-order chi connectivity index (χ0) is 30.7. The fourth-order valence-electron chi connectivity index (χ4n) is 4.03. The molecule has 3 unspecified atom stereocenters. The van der Waals surface area contributed by atoms with Crippen LogP contribution in [0.15, 0.2) is 33.0 Å². The number of amides is 2. The van der Waals surface area contributed by atoms with Gasteiger partial charge in [-0.25, -0.2) is 19.1 Å². The maximum atomic E-state index is 13.2. The molecule has 0 radical (unpaired) electrons. The van der Waals surface area contributed by atoms with Gasteiger partial charge in [-0.3, -0.25) is 14.5 Å². The van der Waals surface area contributed by atoms with Crippen molar-refractivity contribution in [3.63, 3.8) is 0 Å². The maximum absolute atomic E-state index is 13.2. The number of carbonyl (C=O) groups excluding carboxylic acids is 2. The zero-order valence-electron chi connectivity index (χ0n) is 22.3. The maximum Gasteiger partial charge on any atom is 0.352 e. The number of hydrogen-bond acceptors (Lipinski definition) is 14. The number of thioether (sulfide) groups is 2. The molecule has 2 aromatic heterocycles. The number of β-lactam (4-membered cyclic amide) rings is 1. The predicted molar refractivity (Wildman–Crippen MR) is 155 cm³/mol. The van der Waals surface area contributed by atoms with E-state index in [1.807, 2.05) is 6.92 Å². The predicted octanol–water partition coefficient (Wildman–Crippen LogP) is -0.293. The molecule has 16 nitrogen and oxygen atoms in total. The largest absolute Gasteiger partial charge is 0.478 e. The van der Waals surface area contributed by atoms with Gasteiger partial charge in [0, 0.05) is 16.9 Å². The molecule has 2 amide bonds. The van der Waals surface area contributed by atoms with E-state index in [4.69, 9.17) is 27.1 Å². The number of oxime groups is 1. The summed E-state index contributed by atoms with van der Waals surface area (Å²) in [6, 6.07) is 0.472. The second kappa shape index (κ2) is 12.8. The Kier molecular flexibility index (Phi) is 9.42. The van der Waals surface area contributed by atoms with Gasteiger partial charge in [0.1, 0.15) is 22.8 Å². The van der Waals surface area contributed by atoms with Gasteiger partial charge in [-0.1, -0.05) is 17.1 Å². The van der Waals surface area contributed by atoms with Gasteiger partial charge in [-0.15, -0.1) is 23.1 Å². The molecule has 4 rings (SSSR count). The second-order valence-corrected chi connectivity index (χ2v) is 12.0. The molecule has 0 aliphatic carbocycles. The van der Waals surface area contributed by atoms with Crippen molar-refractivity contribution in [2.24, 2.45) is 5.16 Å². The number of carbonyl (C=O) groups is 4. The van der Waals surface area contributed by atoms with Crippen LogP contribution in [0.25, 0.3) is 0 Å². The second-order valence-electron chi connectivity index (χ2n) is 9.04. The summed E-state index contributed by atoms with van der Waals surface area (Å²) in [5, 5.41) is 26.7. The summed E-state index contributed by atoms with van der Waals surface area (Å²) in [7, 11) is 0. The Morgan fingerprint density at radius 1 is 1.31 bits per heavy atom. The molecule has 0 spiro atoms. The molecular weight excluding hydrogens is 611 g/mol.